The molecule has 0 radical (unpaired) electrons. The molecule has 0 aliphatic heterocycles. The normalized spacial score (nSPS) is 11.2. The highest BCUT2D eigenvalue weighted by Gasteiger charge is 2.18. The number of unbranched alkanes of at least 4 members (excludes halogenated alkanes) is 6. The zero-order chi connectivity index (χ0) is 22.0. The first-order valence-electron chi connectivity index (χ1n) is 9.81. The van der Waals surface area contributed by atoms with E-state index in [0.29, 0.717) is 23.4 Å². The average molecular weight is 455 g/mol. The zero-order valence-electron chi connectivity index (χ0n) is 16.8. The van der Waals surface area contributed by atoms with E-state index >= 15 is 0 Å². The lowest BCUT2D eigenvalue weighted by Gasteiger charge is -2.08. The maximum absolute atomic E-state index is 12.4. The first-order valence-corrected chi connectivity index (χ1v) is 12.1. The summed E-state index contributed by atoms with van der Waals surface area (Å²) in [5.41, 5.74) is 0.506. The summed E-state index contributed by atoms with van der Waals surface area (Å²) in [5.74, 6) is -1.39. The second-order valence-corrected chi connectivity index (χ2v) is 9.43. The minimum absolute atomic E-state index is 0.0420. The fraction of sp³-hybridized carbons (Fsp3) is 0.474. The highest BCUT2D eigenvalue weighted by molar-refractivity contribution is 7.93. The molecule has 1 aromatic heterocycles. The van der Waals surface area contributed by atoms with Gasteiger partial charge in [0.05, 0.1) is 4.90 Å². The van der Waals surface area contributed by atoms with Gasteiger partial charge < -0.3 is 10.4 Å². The molecule has 164 valence electrons. The molecule has 0 spiro atoms. The number of aromatic carboxylic acids is 1. The highest BCUT2D eigenvalue weighted by Crippen LogP contribution is 2.21. The lowest BCUT2D eigenvalue weighted by molar-refractivity contribution is -0.116. The van der Waals surface area contributed by atoms with Crippen LogP contribution in [0.4, 0.5) is 10.8 Å². The molecule has 30 heavy (non-hydrogen) atoms. The summed E-state index contributed by atoms with van der Waals surface area (Å²) < 4.78 is 26.9. The van der Waals surface area contributed by atoms with Gasteiger partial charge in [0.1, 0.15) is 0 Å². The van der Waals surface area contributed by atoms with Crippen molar-refractivity contribution in [2.45, 2.75) is 63.2 Å². The Kier molecular flexibility index (Phi) is 9.18. The molecule has 0 atom stereocenters. The third-order valence-electron chi connectivity index (χ3n) is 4.29. The van der Waals surface area contributed by atoms with Gasteiger partial charge in [-0.3, -0.25) is 9.52 Å². The molecule has 0 saturated carbocycles. The van der Waals surface area contributed by atoms with Gasteiger partial charge in [0.25, 0.3) is 10.0 Å². The van der Waals surface area contributed by atoms with E-state index in [1.807, 2.05) is 0 Å². The Bertz CT molecular complexity index is 942. The highest BCUT2D eigenvalue weighted by atomic mass is 32.2. The van der Waals surface area contributed by atoms with Crippen LogP contribution in [0.3, 0.4) is 0 Å². The molecule has 0 aliphatic carbocycles. The minimum Gasteiger partial charge on any atom is -0.476 e. The summed E-state index contributed by atoms with van der Waals surface area (Å²) in [7, 11) is -3.95. The predicted octanol–water partition coefficient (Wildman–Crippen LogP) is 4.12. The molecule has 3 N–H and O–H groups in total. The Morgan fingerprint density at radius 3 is 2.23 bits per heavy atom. The molecule has 2 aromatic rings. The lowest BCUT2D eigenvalue weighted by Crippen LogP contribution is -2.14. The number of sulfonamides is 1. The van der Waals surface area contributed by atoms with Gasteiger partial charge >= 0.3 is 5.97 Å². The van der Waals surface area contributed by atoms with E-state index in [4.69, 9.17) is 5.11 Å². The molecule has 0 aliphatic rings. The van der Waals surface area contributed by atoms with E-state index in [1.54, 1.807) is 0 Å². The Morgan fingerprint density at radius 1 is 1.00 bits per heavy atom. The molecule has 0 bridgehead atoms. The third-order valence-corrected chi connectivity index (χ3v) is 6.60. The van der Waals surface area contributed by atoms with Crippen LogP contribution in [0.15, 0.2) is 29.2 Å². The van der Waals surface area contributed by atoms with Gasteiger partial charge in [-0.05, 0) is 30.7 Å². The number of aromatic nitrogens is 2. The fourth-order valence-electron chi connectivity index (χ4n) is 2.71. The second kappa shape index (κ2) is 11.6. The number of carbonyl (C=O) groups is 2. The summed E-state index contributed by atoms with van der Waals surface area (Å²) in [6, 6.07) is 5.70. The van der Waals surface area contributed by atoms with Gasteiger partial charge in [0.2, 0.25) is 16.0 Å². The molecule has 11 heteroatoms. The molecule has 1 heterocycles. The first-order chi connectivity index (χ1) is 14.3. The molecule has 1 amide bonds. The summed E-state index contributed by atoms with van der Waals surface area (Å²) in [6.07, 6.45) is 8.33. The Balaban J connectivity index is 1.81. The van der Waals surface area contributed by atoms with Crippen LogP contribution in [0.1, 0.15) is 68.1 Å². The lowest BCUT2D eigenvalue weighted by atomic mass is 10.1. The van der Waals surface area contributed by atoms with Crippen molar-refractivity contribution in [3.63, 3.8) is 0 Å². The quantitative estimate of drug-likeness (QED) is 0.387. The predicted molar refractivity (Wildman–Crippen MR) is 115 cm³/mol. The molecule has 0 fully saturated rings. The minimum atomic E-state index is -3.95. The fourth-order valence-corrected chi connectivity index (χ4v) is 4.52. The van der Waals surface area contributed by atoms with Crippen molar-refractivity contribution in [2.75, 3.05) is 10.0 Å². The van der Waals surface area contributed by atoms with Crippen molar-refractivity contribution >= 4 is 44.1 Å². The zero-order valence-corrected chi connectivity index (χ0v) is 18.4. The van der Waals surface area contributed by atoms with Crippen molar-refractivity contribution in [1.29, 1.82) is 0 Å². The van der Waals surface area contributed by atoms with Gasteiger partial charge in [-0.2, -0.15) is 0 Å². The molecular weight excluding hydrogens is 428 g/mol. The van der Waals surface area contributed by atoms with Crippen molar-refractivity contribution < 1.29 is 23.1 Å². The van der Waals surface area contributed by atoms with Crippen molar-refractivity contribution in [2.24, 2.45) is 0 Å². The van der Waals surface area contributed by atoms with Crippen molar-refractivity contribution in [3.05, 3.63) is 29.3 Å². The standard InChI is InChI=1S/C19H26N4O5S2/c1-2-3-4-5-6-7-8-9-16(24)20-14-10-12-15(13-11-14)30(27,28)23-19-22-21-17(29-19)18(25)26/h10-13H,2-9H2,1H3,(H,20,24)(H,22,23)(H,25,26). The monoisotopic (exact) mass is 454 g/mol. The second-order valence-electron chi connectivity index (χ2n) is 6.77. The third kappa shape index (κ3) is 7.71. The van der Waals surface area contributed by atoms with Crippen molar-refractivity contribution in [1.82, 2.24) is 10.2 Å². The van der Waals surface area contributed by atoms with Crippen LogP contribution in [0.2, 0.25) is 0 Å². The van der Waals surface area contributed by atoms with Crippen LogP contribution in [-0.2, 0) is 14.8 Å². The largest absolute Gasteiger partial charge is 0.476 e. The van der Waals surface area contributed by atoms with Gasteiger partial charge in [-0.15, -0.1) is 10.2 Å². The van der Waals surface area contributed by atoms with Gasteiger partial charge in [0.15, 0.2) is 0 Å². The van der Waals surface area contributed by atoms with Crippen molar-refractivity contribution in [3.8, 4) is 0 Å². The summed E-state index contributed by atoms with van der Waals surface area (Å²) in [6.45, 7) is 2.18. The molecular formula is C19H26N4O5S2. The Labute approximate surface area is 180 Å². The maximum Gasteiger partial charge on any atom is 0.367 e. The van der Waals surface area contributed by atoms with Crippen LogP contribution in [0.25, 0.3) is 0 Å². The molecule has 2 rings (SSSR count). The number of benzene rings is 1. The number of carboxylic acid groups (broad SMARTS) is 1. The van der Waals surface area contributed by atoms with E-state index in [-0.39, 0.29) is 20.9 Å². The SMILES string of the molecule is CCCCCCCCCC(=O)Nc1ccc(S(=O)(=O)Nc2nnc(C(=O)O)s2)cc1. The Hall–Kier alpha value is -2.53. The summed E-state index contributed by atoms with van der Waals surface area (Å²) in [5, 5.41) is 18.0. The molecule has 0 saturated heterocycles. The van der Waals surface area contributed by atoms with Crippen LogP contribution < -0.4 is 10.0 Å². The number of anilines is 2. The number of rotatable bonds is 13. The summed E-state index contributed by atoms with van der Waals surface area (Å²) in [4.78, 5) is 22.8. The van der Waals surface area contributed by atoms with E-state index in [9.17, 15) is 18.0 Å². The molecule has 1 aromatic carbocycles. The van der Waals surface area contributed by atoms with Gasteiger partial charge in [0, 0.05) is 12.1 Å². The van der Waals surface area contributed by atoms with Crippen LogP contribution in [0.5, 0.6) is 0 Å². The number of carboxylic acids is 1. The number of hydrogen-bond donors (Lipinski definition) is 3. The first kappa shape index (κ1) is 23.7. The topological polar surface area (TPSA) is 138 Å². The van der Waals surface area contributed by atoms with Gasteiger partial charge in [-0.25, -0.2) is 13.2 Å². The van der Waals surface area contributed by atoms with E-state index in [0.717, 1.165) is 19.3 Å². The van der Waals surface area contributed by atoms with Gasteiger partial charge in [-0.1, -0.05) is 56.8 Å². The van der Waals surface area contributed by atoms with Crippen LogP contribution >= 0.6 is 11.3 Å². The van der Waals surface area contributed by atoms with Crippen LogP contribution in [0, 0.1) is 0 Å². The smallest absolute Gasteiger partial charge is 0.367 e. The number of amides is 1. The van der Waals surface area contributed by atoms with E-state index in [2.05, 4.69) is 27.2 Å². The maximum atomic E-state index is 12.4. The number of carbonyl (C=O) groups excluding carboxylic acids is 1. The number of nitrogens with zero attached hydrogens (tertiary/aromatic N) is 2. The Morgan fingerprint density at radius 2 is 1.63 bits per heavy atom. The average Bonchev–Trinajstić information content (AvgIpc) is 3.16. The molecule has 9 nitrogen and oxygen atoms in total. The summed E-state index contributed by atoms with van der Waals surface area (Å²) >= 11 is 0.620. The van der Waals surface area contributed by atoms with E-state index in [1.165, 1.54) is 49.9 Å². The van der Waals surface area contributed by atoms with E-state index < -0.39 is 16.0 Å². The van der Waals surface area contributed by atoms with Crippen LogP contribution in [-0.4, -0.2) is 35.6 Å². The number of hydrogen-bond acceptors (Lipinski definition) is 7. The molecule has 0 unspecified atom stereocenters. The number of nitrogens with one attached hydrogen (secondary N) is 2.